The summed E-state index contributed by atoms with van der Waals surface area (Å²) in [6.45, 7) is 4.09. The number of nitrogens with zero attached hydrogens (tertiary/aromatic N) is 2. The molecule has 2 aromatic rings. The molecule has 0 bridgehead atoms. The summed E-state index contributed by atoms with van der Waals surface area (Å²) in [5.74, 6) is 1.07. The van der Waals surface area contributed by atoms with E-state index < -0.39 is 0 Å². The van der Waals surface area contributed by atoms with Gasteiger partial charge in [-0.2, -0.15) is 4.98 Å². The number of hydrogen-bond acceptors (Lipinski definition) is 3. The summed E-state index contributed by atoms with van der Waals surface area (Å²) >= 11 is 0. The minimum atomic E-state index is 0.319. The van der Waals surface area contributed by atoms with Crippen LogP contribution in [-0.4, -0.2) is 9.97 Å². The van der Waals surface area contributed by atoms with Gasteiger partial charge in [-0.05, 0) is 12.1 Å². The molecule has 0 aromatic carbocycles. The Hall–Kier alpha value is -1.38. The highest BCUT2D eigenvalue weighted by atomic mass is 16.3. The molecule has 12 heavy (non-hydrogen) atoms. The molecule has 0 aliphatic carbocycles. The first-order chi connectivity index (χ1) is 5.77. The van der Waals surface area contributed by atoms with Crippen LogP contribution in [0.1, 0.15) is 25.7 Å². The number of oxazole rings is 1. The van der Waals surface area contributed by atoms with Gasteiger partial charge in [-0.15, -0.1) is 0 Å². The highest BCUT2D eigenvalue weighted by Gasteiger charge is 2.08. The van der Waals surface area contributed by atoms with Gasteiger partial charge in [0, 0.05) is 12.1 Å². The first-order valence-electron chi connectivity index (χ1n) is 3.99. The van der Waals surface area contributed by atoms with Gasteiger partial charge in [-0.3, -0.25) is 0 Å². The zero-order valence-electron chi connectivity index (χ0n) is 7.11. The van der Waals surface area contributed by atoms with Crippen molar-refractivity contribution >= 4 is 11.2 Å². The van der Waals surface area contributed by atoms with Gasteiger partial charge in [-0.25, -0.2) is 4.98 Å². The van der Waals surface area contributed by atoms with Crippen molar-refractivity contribution in [2.24, 2.45) is 0 Å². The molecule has 0 spiro atoms. The van der Waals surface area contributed by atoms with Gasteiger partial charge >= 0.3 is 0 Å². The predicted molar refractivity (Wildman–Crippen MR) is 45.9 cm³/mol. The van der Waals surface area contributed by atoms with Crippen molar-refractivity contribution < 1.29 is 4.42 Å². The molecule has 3 heteroatoms. The SMILES string of the molecule is CC(C)c1nc2ncccc2o1. The summed E-state index contributed by atoms with van der Waals surface area (Å²) in [5, 5.41) is 0. The minimum Gasteiger partial charge on any atom is -0.439 e. The van der Waals surface area contributed by atoms with Crippen molar-refractivity contribution in [2.75, 3.05) is 0 Å². The Labute approximate surface area is 70.4 Å². The van der Waals surface area contributed by atoms with Gasteiger partial charge in [-0.1, -0.05) is 13.8 Å². The Morgan fingerprint density at radius 2 is 2.25 bits per heavy atom. The Kier molecular flexibility index (Phi) is 1.57. The lowest BCUT2D eigenvalue weighted by Gasteiger charge is -1.93. The Morgan fingerprint density at radius 3 is 2.92 bits per heavy atom. The number of hydrogen-bond donors (Lipinski definition) is 0. The third-order valence-electron chi connectivity index (χ3n) is 1.68. The van der Waals surface area contributed by atoms with E-state index in [4.69, 9.17) is 4.42 Å². The Morgan fingerprint density at radius 1 is 1.42 bits per heavy atom. The standard InChI is InChI=1S/C9H10N2O/c1-6(2)9-11-8-7(12-9)4-3-5-10-8/h3-6H,1-2H3. The van der Waals surface area contributed by atoms with E-state index >= 15 is 0 Å². The van der Waals surface area contributed by atoms with Crippen molar-refractivity contribution in [3.05, 3.63) is 24.2 Å². The fourth-order valence-corrected chi connectivity index (χ4v) is 1.03. The summed E-state index contributed by atoms with van der Waals surface area (Å²) in [5.41, 5.74) is 1.46. The molecule has 0 aliphatic heterocycles. The Balaban J connectivity index is 2.62. The lowest BCUT2D eigenvalue weighted by molar-refractivity contribution is 0.501. The smallest absolute Gasteiger partial charge is 0.199 e. The second-order valence-electron chi connectivity index (χ2n) is 3.03. The van der Waals surface area contributed by atoms with E-state index in [0.29, 0.717) is 11.6 Å². The van der Waals surface area contributed by atoms with E-state index in [-0.39, 0.29) is 0 Å². The lowest BCUT2D eigenvalue weighted by atomic mass is 10.2. The average Bonchev–Trinajstić information content (AvgIpc) is 2.46. The maximum atomic E-state index is 5.46. The highest BCUT2D eigenvalue weighted by molar-refractivity contribution is 5.66. The van der Waals surface area contributed by atoms with Crippen molar-refractivity contribution in [1.82, 2.24) is 9.97 Å². The molecule has 2 heterocycles. The molecule has 0 unspecified atom stereocenters. The van der Waals surface area contributed by atoms with Crippen LogP contribution in [0.15, 0.2) is 22.7 Å². The molecular formula is C9H10N2O. The van der Waals surface area contributed by atoms with Crippen molar-refractivity contribution in [1.29, 1.82) is 0 Å². The summed E-state index contributed by atoms with van der Waals surface area (Å²) in [6, 6.07) is 3.72. The van der Waals surface area contributed by atoms with E-state index in [2.05, 4.69) is 9.97 Å². The van der Waals surface area contributed by atoms with Gasteiger partial charge in [0.25, 0.3) is 0 Å². The number of pyridine rings is 1. The van der Waals surface area contributed by atoms with E-state index in [9.17, 15) is 0 Å². The molecule has 2 rings (SSSR count). The second kappa shape index (κ2) is 2.59. The fourth-order valence-electron chi connectivity index (χ4n) is 1.03. The van der Waals surface area contributed by atoms with Crippen LogP contribution in [0, 0.1) is 0 Å². The normalized spacial score (nSPS) is 11.2. The van der Waals surface area contributed by atoms with Gasteiger partial charge < -0.3 is 4.42 Å². The fraction of sp³-hybridized carbons (Fsp3) is 0.333. The molecule has 62 valence electrons. The number of aromatic nitrogens is 2. The number of rotatable bonds is 1. The first-order valence-corrected chi connectivity index (χ1v) is 3.99. The molecule has 0 saturated heterocycles. The molecule has 0 fully saturated rings. The van der Waals surface area contributed by atoms with Crippen LogP contribution in [0.2, 0.25) is 0 Å². The van der Waals surface area contributed by atoms with Crippen LogP contribution in [0.25, 0.3) is 11.2 Å². The zero-order chi connectivity index (χ0) is 8.55. The zero-order valence-corrected chi connectivity index (χ0v) is 7.11. The van der Waals surface area contributed by atoms with Crippen LogP contribution in [0.5, 0.6) is 0 Å². The molecule has 0 atom stereocenters. The predicted octanol–water partition coefficient (Wildman–Crippen LogP) is 2.35. The van der Waals surface area contributed by atoms with Crippen LogP contribution >= 0.6 is 0 Å². The summed E-state index contributed by atoms with van der Waals surface area (Å²) in [7, 11) is 0. The van der Waals surface area contributed by atoms with E-state index in [0.717, 1.165) is 11.5 Å². The molecule has 0 radical (unpaired) electrons. The second-order valence-corrected chi connectivity index (χ2v) is 3.03. The van der Waals surface area contributed by atoms with Crippen molar-refractivity contribution in [3.63, 3.8) is 0 Å². The summed E-state index contributed by atoms with van der Waals surface area (Å²) in [4.78, 5) is 8.31. The van der Waals surface area contributed by atoms with Gasteiger partial charge in [0.1, 0.15) is 0 Å². The molecule has 2 aromatic heterocycles. The van der Waals surface area contributed by atoms with Gasteiger partial charge in [0.2, 0.25) is 0 Å². The van der Waals surface area contributed by atoms with Crippen molar-refractivity contribution in [2.45, 2.75) is 19.8 Å². The highest BCUT2D eigenvalue weighted by Crippen LogP contribution is 2.18. The summed E-state index contributed by atoms with van der Waals surface area (Å²) in [6.07, 6.45) is 1.72. The van der Waals surface area contributed by atoms with E-state index in [1.807, 2.05) is 26.0 Å². The maximum absolute atomic E-state index is 5.46. The quantitative estimate of drug-likeness (QED) is 0.646. The van der Waals surface area contributed by atoms with Gasteiger partial charge in [0.05, 0.1) is 0 Å². The molecule has 0 N–H and O–H groups in total. The first kappa shape index (κ1) is 7.28. The minimum absolute atomic E-state index is 0.319. The largest absolute Gasteiger partial charge is 0.439 e. The summed E-state index contributed by atoms with van der Waals surface area (Å²) < 4.78 is 5.46. The maximum Gasteiger partial charge on any atom is 0.199 e. The number of fused-ring (bicyclic) bond motifs is 1. The van der Waals surface area contributed by atoms with Gasteiger partial charge in [0.15, 0.2) is 17.1 Å². The molecule has 0 aliphatic rings. The van der Waals surface area contributed by atoms with E-state index in [1.54, 1.807) is 6.20 Å². The van der Waals surface area contributed by atoms with Crippen LogP contribution in [0.4, 0.5) is 0 Å². The molecule has 0 saturated carbocycles. The Bertz CT molecular complexity index is 359. The van der Waals surface area contributed by atoms with Crippen LogP contribution in [-0.2, 0) is 0 Å². The van der Waals surface area contributed by atoms with Crippen LogP contribution in [0.3, 0.4) is 0 Å². The topological polar surface area (TPSA) is 38.9 Å². The molecule has 3 nitrogen and oxygen atoms in total. The average molecular weight is 162 g/mol. The molecule has 0 amide bonds. The molecular weight excluding hydrogens is 152 g/mol. The monoisotopic (exact) mass is 162 g/mol. The van der Waals surface area contributed by atoms with Crippen LogP contribution < -0.4 is 0 Å². The lowest BCUT2D eigenvalue weighted by Crippen LogP contribution is -1.85. The van der Waals surface area contributed by atoms with E-state index in [1.165, 1.54) is 0 Å². The third kappa shape index (κ3) is 1.07. The third-order valence-corrected chi connectivity index (χ3v) is 1.68. The van der Waals surface area contributed by atoms with Crippen molar-refractivity contribution in [3.8, 4) is 0 Å².